The van der Waals surface area contributed by atoms with Crippen molar-refractivity contribution in [2.75, 3.05) is 13.1 Å². The number of benzene rings is 1. The Morgan fingerprint density at radius 1 is 1.08 bits per heavy atom. The van der Waals surface area contributed by atoms with Gasteiger partial charge < -0.3 is 14.6 Å². The Bertz CT molecular complexity index is 779. The van der Waals surface area contributed by atoms with Crippen LogP contribution in [-0.2, 0) is 6.18 Å². The van der Waals surface area contributed by atoms with Gasteiger partial charge in [0.1, 0.15) is 0 Å². The van der Waals surface area contributed by atoms with E-state index in [0.29, 0.717) is 25.9 Å². The van der Waals surface area contributed by atoms with Crippen molar-refractivity contribution in [1.82, 2.24) is 10.2 Å². The largest absolute Gasteiger partial charge is 0.459 e. The summed E-state index contributed by atoms with van der Waals surface area (Å²) in [6.45, 7) is 0.788. The second kappa shape index (κ2) is 7.23. The number of piperidine rings is 1. The number of hydrogen-bond donors (Lipinski definition) is 1. The Hall–Kier alpha value is -2.77. The van der Waals surface area contributed by atoms with Crippen molar-refractivity contribution in [2.24, 2.45) is 0 Å². The van der Waals surface area contributed by atoms with Crippen LogP contribution in [0.3, 0.4) is 0 Å². The standard InChI is InChI=1S/C18H17F3N2O3/c19-18(20,21)14-5-2-1-4-13(14)16(24)22-12-7-9-23(10-8-12)17(25)15-6-3-11-26-15/h1-6,11-12H,7-10H2,(H,22,24). The minimum absolute atomic E-state index is 0.234. The number of carbonyl (C=O) groups is 2. The molecule has 0 spiro atoms. The Balaban J connectivity index is 1.60. The fourth-order valence-corrected chi connectivity index (χ4v) is 2.97. The van der Waals surface area contributed by atoms with Crippen LogP contribution < -0.4 is 5.32 Å². The van der Waals surface area contributed by atoms with E-state index in [1.165, 1.54) is 18.4 Å². The molecule has 0 radical (unpaired) electrons. The maximum Gasteiger partial charge on any atom is 0.417 e. The minimum atomic E-state index is -4.59. The number of alkyl halides is 3. The summed E-state index contributed by atoms with van der Waals surface area (Å²) in [6.07, 6.45) is -2.25. The molecule has 0 unspecified atom stereocenters. The van der Waals surface area contributed by atoms with Crippen molar-refractivity contribution in [3.8, 4) is 0 Å². The van der Waals surface area contributed by atoms with Gasteiger partial charge in [-0.2, -0.15) is 13.2 Å². The van der Waals surface area contributed by atoms with Gasteiger partial charge >= 0.3 is 6.18 Å². The lowest BCUT2D eigenvalue weighted by molar-refractivity contribution is -0.137. The summed E-state index contributed by atoms with van der Waals surface area (Å²) in [5, 5.41) is 2.64. The lowest BCUT2D eigenvalue weighted by Gasteiger charge is -2.32. The number of furan rings is 1. The summed E-state index contributed by atoms with van der Waals surface area (Å²) in [5.74, 6) is -0.748. The van der Waals surface area contributed by atoms with Gasteiger partial charge in [-0.25, -0.2) is 0 Å². The van der Waals surface area contributed by atoms with Crippen LogP contribution in [0.1, 0.15) is 39.3 Å². The Labute approximate surface area is 147 Å². The molecule has 26 heavy (non-hydrogen) atoms. The lowest BCUT2D eigenvalue weighted by Crippen LogP contribution is -2.46. The maximum atomic E-state index is 13.0. The molecule has 5 nitrogen and oxygen atoms in total. The van der Waals surface area contributed by atoms with Gasteiger partial charge in [-0.05, 0) is 37.1 Å². The summed E-state index contributed by atoms with van der Waals surface area (Å²) in [4.78, 5) is 26.1. The molecule has 0 atom stereocenters. The highest BCUT2D eigenvalue weighted by Crippen LogP contribution is 2.32. The first kappa shape index (κ1) is 18.0. The van der Waals surface area contributed by atoms with E-state index in [9.17, 15) is 22.8 Å². The molecule has 1 fully saturated rings. The molecule has 2 aromatic rings. The van der Waals surface area contributed by atoms with Gasteiger partial charge in [0.25, 0.3) is 11.8 Å². The third kappa shape index (κ3) is 3.89. The molecule has 1 N–H and O–H groups in total. The van der Waals surface area contributed by atoms with E-state index in [2.05, 4.69) is 5.32 Å². The minimum Gasteiger partial charge on any atom is -0.459 e. The van der Waals surface area contributed by atoms with Crippen LogP contribution in [0.2, 0.25) is 0 Å². The highest BCUT2D eigenvalue weighted by molar-refractivity contribution is 5.96. The first-order chi connectivity index (χ1) is 12.4. The highest BCUT2D eigenvalue weighted by Gasteiger charge is 2.35. The van der Waals surface area contributed by atoms with Gasteiger partial charge in [0, 0.05) is 19.1 Å². The van der Waals surface area contributed by atoms with Gasteiger partial charge in [-0.1, -0.05) is 12.1 Å². The van der Waals surface area contributed by atoms with E-state index in [0.717, 1.165) is 12.1 Å². The number of nitrogens with one attached hydrogen (secondary N) is 1. The molecule has 2 amide bonds. The van der Waals surface area contributed by atoms with E-state index in [4.69, 9.17) is 4.42 Å². The fourth-order valence-electron chi connectivity index (χ4n) is 2.97. The summed E-state index contributed by atoms with van der Waals surface area (Å²) >= 11 is 0. The molecule has 1 aromatic carbocycles. The summed E-state index contributed by atoms with van der Waals surface area (Å²) in [5.41, 5.74) is -1.35. The van der Waals surface area contributed by atoms with E-state index < -0.39 is 23.2 Å². The monoisotopic (exact) mass is 366 g/mol. The van der Waals surface area contributed by atoms with Crippen LogP contribution >= 0.6 is 0 Å². The summed E-state index contributed by atoms with van der Waals surface area (Å²) in [6, 6.07) is 7.60. The molecule has 3 rings (SSSR count). The predicted molar refractivity (Wildman–Crippen MR) is 86.5 cm³/mol. The highest BCUT2D eigenvalue weighted by atomic mass is 19.4. The maximum absolute atomic E-state index is 13.0. The number of halogens is 3. The Kier molecular flexibility index (Phi) is 5.01. The van der Waals surface area contributed by atoms with Crippen LogP contribution in [-0.4, -0.2) is 35.8 Å². The van der Waals surface area contributed by atoms with E-state index >= 15 is 0 Å². The van der Waals surface area contributed by atoms with E-state index in [1.54, 1.807) is 17.0 Å². The lowest BCUT2D eigenvalue weighted by atomic mass is 10.0. The van der Waals surface area contributed by atoms with Crippen LogP contribution in [0.5, 0.6) is 0 Å². The predicted octanol–water partition coefficient (Wildman–Crippen LogP) is 3.33. The quantitative estimate of drug-likeness (QED) is 0.906. The molecule has 8 heteroatoms. The molecular formula is C18H17F3N2O3. The molecule has 1 aliphatic heterocycles. The smallest absolute Gasteiger partial charge is 0.417 e. The molecule has 0 aliphatic carbocycles. The van der Waals surface area contributed by atoms with Crippen molar-refractivity contribution in [3.05, 3.63) is 59.5 Å². The summed E-state index contributed by atoms with van der Waals surface area (Å²) in [7, 11) is 0. The number of hydrogen-bond acceptors (Lipinski definition) is 3. The summed E-state index contributed by atoms with van der Waals surface area (Å²) < 4.78 is 44.2. The molecule has 0 bridgehead atoms. The van der Waals surface area contributed by atoms with Gasteiger partial charge in [0.05, 0.1) is 17.4 Å². The number of rotatable bonds is 3. The zero-order chi connectivity index (χ0) is 18.7. The van der Waals surface area contributed by atoms with Gasteiger partial charge in [0.2, 0.25) is 0 Å². The average Bonchev–Trinajstić information content (AvgIpc) is 3.15. The van der Waals surface area contributed by atoms with Crippen molar-refractivity contribution in [2.45, 2.75) is 25.1 Å². The second-order valence-electron chi connectivity index (χ2n) is 6.06. The SMILES string of the molecule is O=C(NC1CCN(C(=O)c2ccco2)CC1)c1ccccc1C(F)(F)F. The zero-order valence-electron chi connectivity index (χ0n) is 13.8. The van der Waals surface area contributed by atoms with Crippen LogP contribution in [0.15, 0.2) is 47.1 Å². The number of nitrogens with zero attached hydrogens (tertiary/aromatic N) is 1. The molecule has 1 saturated heterocycles. The number of likely N-dealkylation sites (tertiary alicyclic amines) is 1. The normalized spacial score (nSPS) is 15.7. The molecule has 138 valence electrons. The van der Waals surface area contributed by atoms with E-state index in [1.807, 2.05) is 0 Å². The third-order valence-electron chi connectivity index (χ3n) is 4.33. The van der Waals surface area contributed by atoms with Crippen molar-refractivity contribution < 1.29 is 27.2 Å². The van der Waals surface area contributed by atoms with Crippen molar-refractivity contribution in [3.63, 3.8) is 0 Å². The number of amides is 2. The second-order valence-corrected chi connectivity index (χ2v) is 6.06. The molecule has 1 aromatic heterocycles. The van der Waals surface area contributed by atoms with Crippen LogP contribution in [0.4, 0.5) is 13.2 Å². The van der Waals surface area contributed by atoms with Crippen molar-refractivity contribution >= 4 is 11.8 Å². The first-order valence-electron chi connectivity index (χ1n) is 8.16. The fraction of sp³-hybridized carbons (Fsp3) is 0.333. The molecule has 1 aliphatic rings. The molecule has 2 heterocycles. The zero-order valence-corrected chi connectivity index (χ0v) is 13.8. The Morgan fingerprint density at radius 2 is 1.77 bits per heavy atom. The molecule has 0 saturated carbocycles. The third-order valence-corrected chi connectivity index (χ3v) is 4.33. The van der Waals surface area contributed by atoms with Crippen LogP contribution in [0.25, 0.3) is 0 Å². The van der Waals surface area contributed by atoms with E-state index in [-0.39, 0.29) is 17.7 Å². The van der Waals surface area contributed by atoms with Gasteiger partial charge in [0.15, 0.2) is 5.76 Å². The van der Waals surface area contributed by atoms with Crippen LogP contribution in [0, 0.1) is 0 Å². The number of carbonyl (C=O) groups excluding carboxylic acids is 2. The van der Waals surface area contributed by atoms with Gasteiger partial charge in [-0.15, -0.1) is 0 Å². The van der Waals surface area contributed by atoms with Crippen molar-refractivity contribution in [1.29, 1.82) is 0 Å². The average molecular weight is 366 g/mol. The topological polar surface area (TPSA) is 62.6 Å². The van der Waals surface area contributed by atoms with Gasteiger partial charge in [-0.3, -0.25) is 9.59 Å². The Morgan fingerprint density at radius 3 is 2.38 bits per heavy atom. The molecular weight excluding hydrogens is 349 g/mol. The first-order valence-corrected chi connectivity index (χ1v) is 8.16.